The minimum absolute atomic E-state index is 0.0429. The van der Waals surface area contributed by atoms with Crippen LogP contribution in [0.5, 0.6) is 0 Å². The van der Waals surface area contributed by atoms with Crippen molar-refractivity contribution < 1.29 is 14.4 Å². The maximum absolute atomic E-state index is 12.8. The van der Waals surface area contributed by atoms with Crippen molar-refractivity contribution in [1.82, 2.24) is 4.68 Å². The molecule has 7 nitrogen and oxygen atoms in total. The minimum atomic E-state index is -0.426. The Kier molecular flexibility index (Phi) is 6.31. The summed E-state index contributed by atoms with van der Waals surface area (Å²) in [6, 6.07) is 18.4. The van der Waals surface area contributed by atoms with Crippen molar-refractivity contribution >= 4 is 29.1 Å². The van der Waals surface area contributed by atoms with Gasteiger partial charge < -0.3 is 10.2 Å². The van der Waals surface area contributed by atoms with Crippen molar-refractivity contribution in [3.8, 4) is 0 Å². The molecular weight excluding hydrogens is 416 g/mol. The molecule has 1 saturated heterocycles. The number of nitrogens with one attached hydrogen (secondary N) is 2. The lowest BCUT2D eigenvalue weighted by Crippen LogP contribution is -2.28. The van der Waals surface area contributed by atoms with Crippen LogP contribution in [-0.4, -0.2) is 28.9 Å². The molecule has 3 amide bonds. The molecule has 1 atom stereocenters. The van der Waals surface area contributed by atoms with Crippen molar-refractivity contribution in [3.05, 3.63) is 83.2 Å². The molecule has 1 fully saturated rings. The maximum Gasteiger partial charge on any atom is 0.270 e. The van der Waals surface area contributed by atoms with Gasteiger partial charge in [-0.15, -0.1) is 0 Å². The predicted molar refractivity (Wildman–Crippen MR) is 129 cm³/mol. The zero-order valence-electron chi connectivity index (χ0n) is 19.1. The summed E-state index contributed by atoms with van der Waals surface area (Å²) in [5.41, 5.74) is 7.78. The van der Waals surface area contributed by atoms with Crippen LogP contribution in [0.25, 0.3) is 0 Å². The summed E-state index contributed by atoms with van der Waals surface area (Å²) in [6.07, 6.45) is 1.00. The van der Waals surface area contributed by atoms with Crippen LogP contribution < -0.4 is 15.6 Å². The third kappa shape index (κ3) is 4.67. The topological polar surface area (TPSA) is 83.4 Å². The number of aromatic nitrogens is 1. The highest BCUT2D eigenvalue weighted by molar-refractivity contribution is 6.04. The molecular formula is C26H28N4O3. The van der Waals surface area contributed by atoms with E-state index in [1.54, 1.807) is 33.8 Å². The van der Waals surface area contributed by atoms with E-state index in [1.165, 1.54) is 0 Å². The highest BCUT2D eigenvalue weighted by atomic mass is 16.2. The second-order valence-electron chi connectivity index (χ2n) is 8.35. The molecule has 0 radical (unpaired) electrons. The SMILES string of the molecule is CCc1ccccc1N1C[C@@H](C(=O)Nc2ccc(C(=O)Nn3c(C)ccc3C)cc2)CC1=O. The van der Waals surface area contributed by atoms with Gasteiger partial charge in [0.2, 0.25) is 11.8 Å². The molecule has 0 bridgehead atoms. The quantitative estimate of drug-likeness (QED) is 0.602. The first kappa shape index (κ1) is 22.3. The molecule has 1 aliphatic heterocycles. The molecule has 3 aromatic rings. The first-order valence-corrected chi connectivity index (χ1v) is 11.1. The van der Waals surface area contributed by atoms with Crippen LogP contribution in [-0.2, 0) is 16.0 Å². The number of nitrogens with zero attached hydrogens (tertiary/aromatic N) is 2. The third-order valence-electron chi connectivity index (χ3n) is 6.06. The van der Waals surface area contributed by atoms with E-state index in [0.29, 0.717) is 17.8 Å². The Morgan fingerprint density at radius 3 is 2.30 bits per heavy atom. The lowest BCUT2D eigenvalue weighted by Gasteiger charge is -2.20. The molecule has 2 aromatic carbocycles. The number of benzene rings is 2. The molecule has 0 aliphatic carbocycles. The van der Waals surface area contributed by atoms with Crippen LogP contribution in [0.4, 0.5) is 11.4 Å². The standard InChI is InChI=1S/C26H28N4O3/c1-4-19-7-5-6-8-23(19)29-16-21(15-24(29)31)25(32)27-22-13-11-20(12-14-22)26(33)28-30-17(2)9-10-18(30)3/h5-14,21H,4,15-16H2,1-3H3,(H,27,32)(H,28,33)/t21-/m0/s1. The van der Waals surface area contributed by atoms with E-state index < -0.39 is 5.92 Å². The first-order chi connectivity index (χ1) is 15.9. The van der Waals surface area contributed by atoms with Gasteiger partial charge in [-0.3, -0.25) is 24.5 Å². The fraction of sp³-hybridized carbons (Fsp3) is 0.269. The summed E-state index contributed by atoms with van der Waals surface area (Å²) in [7, 11) is 0. The summed E-state index contributed by atoms with van der Waals surface area (Å²) in [5.74, 6) is -0.902. The van der Waals surface area contributed by atoms with Crippen molar-refractivity contribution in [3.63, 3.8) is 0 Å². The summed E-state index contributed by atoms with van der Waals surface area (Å²) < 4.78 is 1.73. The average molecular weight is 445 g/mol. The van der Waals surface area contributed by atoms with Crippen molar-refractivity contribution in [1.29, 1.82) is 0 Å². The fourth-order valence-electron chi connectivity index (χ4n) is 4.15. The molecule has 2 heterocycles. The highest BCUT2D eigenvalue weighted by Gasteiger charge is 2.35. The van der Waals surface area contributed by atoms with Gasteiger partial charge in [0.05, 0.1) is 5.92 Å². The van der Waals surface area contributed by atoms with Gasteiger partial charge >= 0.3 is 0 Å². The molecule has 0 saturated carbocycles. The van der Waals surface area contributed by atoms with Gasteiger partial charge in [0.15, 0.2) is 0 Å². The number of hydrogen-bond acceptors (Lipinski definition) is 3. The smallest absolute Gasteiger partial charge is 0.270 e. The Bertz CT molecular complexity index is 1180. The van der Waals surface area contributed by atoms with E-state index in [4.69, 9.17) is 0 Å². The number of carbonyl (C=O) groups is 3. The molecule has 4 rings (SSSR count). The zero-order chi connectivity index (χ0) is 23.5. The van der Waals surface area contributed by atoms with Gasteiger partial charge in [-0.05, 0) is 68.3 Å². The number of amides is 3. The van der Waals surface area contributed by atoms with Crippen LogP contribution in [0.15, 0.2) is 60.7 Å². The monoisotopic (exact) mass is 444 g/mol. The Labute approximate surface area is 193 Å². The summed E-state index contributed by atoms with van der Waals surface area (Å²) >= 11 is 0. The van der Waals surface area contributed by atoms with E-state index in [-0.39, 0.29) is 24.1 Å². The van der Waals surface area contributed by atoms with Gasteiger partial charge in [0.1, 0.15) is 0 Å². The Morgan fingerprint density at radius 2 is 1.64 bits per heavy atom. The fourth-order valence-corrected chi connectivity index (χ4v) is 4.15. The van der Waals surface area contributed by atoms with Crippen LogP contribution in [0.1, 0.15) is 40.7 Å². The number of aryl methyl sites for hydroxylation is 3. The van der Waals surface area contributed by atoms with E-state index >= 15 is 0 Å². The first-order valence-electron chi connectivity index (χ1n) is 11.1. The second-order valence-corrected chi connectivity index (χ2v) is 8.35. The summed E-state index contributed by atoms with van der Waals surface area (Å²) in [6.45, 7) is 6.25. The van der Waals surface area contributed by atoms with E-state index in [2.05, 4.69) is 10.7 Å². The molecule has 7 heteroatoms. The molecule has 1 aromatic heterocycles. The van der Waals surface area contributed by atoms with Crippen molar-refractivity contribution in [2.24, 2.45) is 5.92 Å². The van der Waals surface area contributed by atoms with Crippen LogP contribution in [0, 0.1) is 19.8 Å². The van der Waals surface area contributed by atoms with E-state index in [1.807, 2.05) is 57.2 Å². The largest absolute Gasteiger partial charge is 0.326 e. The molecule has 170 valence electrons. The number of rotatable bonds is 6. The van der Waals surface area contributed by atoms with Gasteiger partial charge in [-0.1, -0.05) is 25.1 Å². The lowest BCUT2D eigenvalue weighted by atomic mass is 10.1. The van der Waals surface area contributed by atoms with Gasteiger partial charge in [-0.2, -0.15) is 0 Å². The van der Waals surface area contributed by atoms with Gasteiger partial charge in [0, 0.05) is 41.3 Å². The third-order valence-corrected chi connectivity index (χ3v) is 6.06. The predicted octanol–water partition coefficient (Wildman–Crippen LogP) is 4.04. The minimum Gasteiger partial charge on any atom is -0.326 e. The van der Waals surface area contributed by atoms with E-state index in [0.717, 1.165) is 29.1 Å². The molecule has 2 N–H and O–H groups in total. The maximum atomic E-state index is 12.8. The normalized spacial score (nSPS) is 15.5. The van der Waals surface area contributed by atoms with Crippen LogP contribution in [0.2, 0.25) is 0 Å². The Morgan fingerprint density at radius 1 is 0.970 bits per heavy atom. The Hall–Kier alpha value is -3.87. The summed E-state index contributed by atoms with van der Waals surface area (Å²) in [5, 5.41) is 2.88. The number of carbonyl (C=O) groups excluding carboxylic acids is 3. The van der Waals surface area contributed by atoms with Gasteiger partial charge in [-0.25, -0.2) is 0 Å². The second kappa shape index (κ2) is 9.32. The molecule has 0 unspecified atom stereocenters. The highest BCUT2D eigenvalue weighted by Crippen LogP contribution is 2.29. The molecule has 0 spiro atoms. The van der Waals surface area contributed by atoms with Crippen LogP contribution in [0.3, 0.4) is 0 Å². The molecule has 1 aliphatic rings. The molecule has 33 heavy (non-hydrogen) atoms. The van der Waals surface area contributed by atoms with Gasteiger partial charge in [0.25, 0.3) is 5.91 Å². The summed E-state index contributed by atoms with van der Waals surface area (Å²) in [4.78, 5) is 39.7. The van der Waals surface area contributed by atoms with E-state index in [9.17, 15) is 14.4 Å². The number of para-hydroxylation sites is 1. The number of hydrogen-bond donors (Lipinski definition) is 2. The number of anilines is 2. The lowest BCUT2D eigenvalue weighted by molar-refractivity contribution is -0.122. The zero-order valence-corrected chi connectivity index (χ0v) is 19.1. The Balaban J connectivity index is 1.39. The van der Waals surface area contributed by atoms with Crippen molar-refractivity contribution in [2.75, 3.05) is 22.2 Å². The van der Waals surface area contributed by atoms with Crippen LogP contribution >= 0.6 is 0 Å². The average Bonchev–Trinajstić information content (AvgIpc) is 3.36. The van der Waals surface area contributed by atoms with Crippen molar-refractivity contribution in [2.45, 2.75) is 33.6 Å².